The van der Waals surface area contributed by atoms with Crippen molar-refractivity contribution in [3.05, 3.63) is 42.0 Å². The highest BCUT2D eigenvalue weighted by Crippen LogP contribution is 2.36. The van der Waals surface area contributed by atoms with Gasteiger partial charge in [0.2, 0.25) is 15.8 Å². The van der Waals surface area contributed by atoms with Crippen molar-refractivity contribution >= 4 is 21.0 Å². The molecule has 9 nitrogen and oxygen atoms in total. The molecule has 4 aromatic rings. The zero-order chi connectivity index (χ0) is 24.5. The number of benzene rings is 2. The lowest BCUT2D eigenvalue weighted by Gasteiger charge is -2.18. The van der Waals surface area contributed by atoms with E-state index in [0.717, 1.165) is 0 Å². The molecule has 2 heterocycles. The Morgan fingerprint density at radius 1 is 1.03 bits per heavy atom. The summed E-state index contributed by atoms with van der Waals surface area (Å²) in [5.74, 6) is 2.14. The number of aromatic nitrogens is 2. The second-order valence-electron chi connectivity index (χ2n) is 7.53. The van der Waals surface area contributed by atoms with E-state index in [4.69, 9.17) is 18.4 Å². The van der Waals surface area contributed by atoms with Crippen molar-refractivity contribution in [2.24, 2.45) is 0 Å². The fourth-order valence-electron chi connectivity index (χ4n) is 3.79. The van der Waals surface area contributed by atoms with Gasteiger partial charge in [-0.25, -0.2) is 8.42 Å². The van der Waals surface area contributed by atoms with Crippen LogP contribution in [0.15, 0.2) is 50.2 Å². The number of aryl methyl sites for hydroxylation is 1. The predicted molar refractivity (Wildman–Crippen MR) is 128 cm³/mol. The van der Waals surface area contributed by atoms with Gasteiger partial charge in [-0.3, -0.25) is 0 Å². The molecule has 0 N–H and O–H groups in total. The first-order valence-corrected chi connectivity index (χ1v) is 12.5. The van der Waals surface area contributed by atoms with Gasteiger partial charge in [0.1, 0.15) is 5.58 Å². The van der Waals surface area contributed by atoms with E-state index in [0.29, 0.717) is 64.9 Å². The van der Waals surface area contributed by atoms with E-state index in [2.05, 4.69) is 10.1 Å². The first-order chi connectivity index (χ1) is 16.3. The normalized spacial score (nSPS) is 11.9. The van der Waals surface area contributed by atoms with Crippen LogP contribution in [0.2, 0.25) is 0 Å². The van der Waals surface area contributed by atoms with Gasteiger partial charge in [-0.15, -0.1) is 0 Å². The van der Waals surface area contributed by atoms with E-state index < -0.39 is 10.0 Å². The van der Waals surface area contributed by atoms with Gasteiger partial charge in [0.15, 0.2) is 17.3 Å². The standard InChI is InChI=1S/C24H27N3O6S/c1-6-27(7-2)34(28,29)17-10-12-19-18(14-17)15(4)22(32-19)24-25-23(26-33-24)16-9-11-20(31-8-3)21(13-16)30-5/h9-14H,6-8H2,1-5H3. The number of hydrogen-bond donors (Lipinski definition) is 0. The van der Waals surface area contributed by atoms with Crippen LogP contribution in [0, 0.1) is 6.92 Å². The molecule has 0 fully saturated rings. The molecule has 0 aliphatic carbocycles. The molecule has 0 saturated carbocycles. The maximum atomic E-state index is 12.9. The highest BCUT2D eigenvalue weighted by atomic mass is 32.2. The van der Waals surface area contributed by atoms with Gasteiger partial charge in [0, 0.05) is 29.6 Å². The maximum absolute atomic E-state index is 12.9. The molecule has 0 bridgehead atoms. The molecule has 0 spiro atoms. The summed E-state index contributed by atoms with van der Waals surface area (Å²) in [6.45, 7) is 8.67. The van der Waals surface area contributed by atoms with Crippen LogP contribution in [-0.2, 0) is 10.0 Å². The van der Waals surface area contributed by atoms with Gasteiger partial charge in [-0.2, -0.15) is 9.29 Å². The number of rotatable bonds is 9. The van der Waals surface area contributed by atoms with Crippen LogP contribution < -0.4 is 9.47 Å². The van der Waals surface area contributed by atoms with Crippen LogP contribution in [0.25, 0.3) is 34.0 Å². The molecule has 180 valence electrons. The smallest absolute Gasteiger partial charge is 0.294 e. The molecular formula is C24H27N3O6S. The molecule has 0 amide bonds. The van der Waals surface area contributed by atoms with Crippen molar-refractivity contribution in [3.63, 3.8) is 0 Å². The molecule has 34 heavy (non-hydrogen) atoms. The fourth-order valence-corrected chi connectivity index (χ4v) is 5.28. The lowest BCUT2D eigenvalue weighted by molar-refractivity contribution is 0.311. The lowest BCUT2D eigenvalue weighted by Crippen LogP contribution is -2.30. The Balaban J connectivity index is 1.71. The first-order valence-electron chi connectivity index (χ1n) is 11.0. The Morgan fingerprint density at radius 3 is 2.47 bits per heavy atom. The molecule has 0 unspecified atom stereocenters. The molecular weight excluding hydrogens is 458 g/mol. The zero-order valence-corrected chi connectivity index (χ0v) is 20.6. The maximum Gasteiger partial charge on any atom is 0.294 e. The SMILES string of the molecule is CCOc1ccc(-c2noc(-c3oc4ccc(S(=O)(=O)N(CC)CC)cc4c3C)n2)cc1OC. The van der Waals surface area contributed by atoms with Gasteiger partial charge in [0.05, 0.1) is 18.6 Å². The highest BCUT2D eigenvalue weighted by molar-refractivity contribution is 7.89. The van der Waals surface area contributed by atoms with Crippen LogP contribution in [0.5, 0.6) is 11.5 Å². The summed E-state index contributed by atoms with van der Waals surface area (Å²) in [7, 11) is -2.03. The fraction of sp³-hybridized carbons (Fsp3) is 0.333. The molecule has 0 saturated heterocycles. The molecule has 0 radical (unpaired) electrons. The van der Waals surface area contributed by atoms with E-state index in [1.165, 1.54) is 4.31 Å². The van der Waals surface area contributed by atoms with Gasteiger partial charge in [-0.05, 0) is 50.2 Å². The Hall–Kier alpha value is -3.37. The number of fused-ring (bicyclic) bond motifs is 1. The second kappa shape index (κ2) is 9.47. The first kappa shape index (κ1) is 23.8. The molecule has 0 atom stereocenters. The summed E-state index contributed by atoms with van der Waals surface area (Å²) in [4.78, 5) is 4.70. The minimum atomic E-state index is -3.59. The third-order valence-corrected chi connectivity index (χ3v) is 7.64. The van der Waals surface area contributed by atoms with E-state index in [9.17, 15) is 8.42 Å². The van der Waals surface area contributed by atoms with Crippen molar-refractivity contribution in [1.29, 1.82) is 0 Å². The average Bonchev–Trinajstić information content (AvgIpc) is 3.45. The largest absolute Gasteiger partial charge is 0.493 e. The van der Waals surface area contributed by atoms with Crippen molar-refractivity contribution in [2.75, 3.05) is 26.8 Å². The van der Waals surface area contributed by atoms with Gasteiger partial charge >= 0.3 is 0 Å². The van der Waals surface area contributed by atoms with Crippen molar-refractivity contribution in [1.82, 2.24) is 14.4 Å². The quantitative estimate of drug-likeness (QED) is 0.330. The summed E-state index contributed by atoms with van der Waals surface area (Å²) in [6.07, 6.45) is 0. The molecule has 0 aliphatic rings. The minimum absolute atomic E-state index is 0.199. The molecule has 2 aromatic carbocycles. The van der Waals surface area contributed by atoms with Crippen LogP contribution in [0.1, 0.15) is 26.3 Å². The number of sulfonamides is 1. The van der Waals surface area contributed by atoms with Crippen molar-refractivity contribution in [3.8, 4) is 34.5 Å². The van der Waals surface area contributed by atoms with Crippen LogP contribution in [-0.4, -0.2) is 49.7 Å². The summed E-state index contributed by atoms with van der Waals surface area (Å²) >= 11 is 0. The lowest BCUT2D eigenvalue weighted by atomic mass is 10.1. The third-order valence-electron chi connectivity index (χ3n) is 5.59. The summed E-state index contributed by atoms with van der Waals surface area (Å²) < 4.78 is 49.7. The Bertz CT molecular complexity index is 1420. The number of methoxy groups -OCH3 is 1. The van der Waals surface area contributed by atoms with E-state index in [-0.39, 0.29) is 10.8 Å². The Kier molecular flexibility index (Phi) is 6.63. The zero-order valence-electron chi connectivity index (χ0n) is 19.8. The third kappa shape index (κ3) is 4.14. The summed E-state index contributed by atoms with van der Waals surface area (Å²) in [6, 6.07) is 10.2. The number of furan rings is 1. The van der Waals surface area contributed by atoms with E-state index in [1.54, 1.807) is 37.4 Å². The number of nitrogens with zero attached hydrogens (tertiary/aromatic N) is 3. The van der Waals surface area contributed by atoms with Gasteiger partial charge in [0.25, 0.3) is 5.89 Å². The Morgan fingerprint density at radius 2 is 1.79 bits per heavy atom. The number of ether oxygens (including phenoxy) is 2. The Labute approximate surface area is 198 Å². The minimum Gasteiger partial charge on any atom is -0.493 e. The average molecular weight is 486 g/mol. The molecule has 4 rings (SSSR count). The van der Waals surface area contributed by atoms with Crippen molar-refractivity contribution in [2.45, 2.75) is 32.6 Å². The monoisotopic (exact) mass is 485 g/mol. The van der Waals surface area contributed by atoms with Crippen LogP contribution in [0.4, 0.5) is 0 Å². The molecule has 2 aromatic heterocycles. The van der Waals surface area contributed by atoms with Gasteiger partial charge in [-0.1, -0.05) is 19.0 Å². The molecule has 0 aliphatic heterocycles. The second-order valence-corrected chi connectivity index (χ2v) is 9.46. The topological polar surface area (TPSA) is 108 Å². The molecule has 10 heteroatoms. The van der Waals surface area contributed by atoms with Crippen LogP contribution in [0.3, 0.4) is 0 Å². The summed E-state index contributed by atoms with van der Waals surface area (Å²) in [5.41, 5.74) is 1.94. The highest BCUT2D eigenvalue weighted by Gasteiger charge is 2.25. The van der Waals surface area contributed by atoms with E-state index in [1.807, 2.05) is 33.8 Å². The van der Waals surface area contributed by atoms with Crippen molar-refractivity contribution < 1.29 is 26.8 Å². The summed E-state index contributed by atoms with van der Waals surface area (Å²) in [5, 5.41) is 4.75. The van der Waals surface area contributed by atoms with Crippen LogP contribution >= 0.6 is 0 Å². The predicted octanol–water partition coefficient (Wildman–Crippen LogP) is 4.90. The van der Waals surface area contributed by atoms with E-state index >= 15 is 0 Å². The number of hydrogen-bond acceptors (Lipinski definition) is 8. The van der Waals surface area contributed by atoms with Gasteiger partial charge < -0.3 is 18.4 Å².